The topological polar surface area (TPSA) is 39.1 Å². The number of nitrogens with zero attached hydrogens (tertiary/aromatic N) is 2. The van der Waals surface area contributed by atoms with Gasteiger partial charge in [-0.3, -0.25) is 0 Å². The van der Waals surface area contributed by atoms with E-state index in [4.69, 9.17) is 4.74 Å². The molecule has 0 radical (unpaired) electrons. The first kappa shape index (κ1) is 16.5. The number of hydrogen-bond donors (Lipinski definition) is 1. The lowest BCUT2D eigenvalue weighted by Gasteiger charge is -2.44. The number of ether oxygens (including phenoxy) is 1. The van der Waals surface area contributed by atoms with Gasteiger partial charge in [-0.25, -0.2) is 4.98 Å². The van der Waals surface area contributed by atoms with Crippen LogP contribution in [0.15, 0.2) is 12.4 Å². The predicted octanol–water partition coefficient (Wildman–Crippen LogP) is 3.02. The van der Waals surface area contributed by atoms with E-state index in [9.17, 15) is 0 Å². The number of nitrogens with one attached hydrogen (secondary N) is 1. The van der Waals surface area contributed by atoms with Gasteiger partial charge in [0.05, 0.1) is 5.60 Å². The minimum Gasteiger partial charge on any atom is -0.377 e. The van der Waals surface area contributed by atoms with Gasteiger partial charge in [0.2, 0.25) is 0 Å². The third-order valence-electron chi connectivity index (χ3n) is 5.03. The van der Waals surface area contributed by atoms with Crippen molar-refractivity contribution < 1.29 is 4.74 Å². The first-order chi connectivity index (χ1) is 10.1. The highest BCUT2D eigenvalue weighted by Gasteiger charge is 2.41. The van der Waals surface area contributed by atoms with Gasteiger partial charge in [-0.15, -0.1) is 0 Å². The zero-order chi connectivity index (χ0) is 15.3. The Kier molecular flexibility index (Phi) is 5.82. The molecule has 4 heteroatoms. The molecule has 1 fully saturated rings. The number of likely N-dealkylation sites (N-methyl/N-ethyl adjacent to an activating group) is 1. The molecule has 1 aliphatic carbocycles. The van der Waals surface area contributed by atoms with Gasteiger partial charge < -0.3 is 14.6 Å². The lowest BCUT2D eigenvalue weighted by atomic mass is 9.73. The van der Waals surface area contributed by atoms with Crippen molar-refractivity contribution in [3.05, 3.63) is 18.2 Å². The van der Waals surface area contributed by atoms with Crippen molar-refractivity contribution in [3.8, 4) is 0 Å². The van der Waals surface area contributed by atoms with Crippen molar-refractivity contribution in [2.24, 2.45) is 5.92 Å². The van der Waals surface area contributed by atoms with Crippen LogP contribution in [0.5, 0.6) is 0 Å². The molecule has 0 bridgehead atoms. The second-order valence-corrected chi connectivity index (χ2v) is 6.55. The second-order valence-electron chi connectivity index (χ2n) is 6.55. The summed E-state index contributed by atoms with van der Waals surface area (Å²) in [5, 5.41) is 3.51. The van der Waals surface area contributed by atoms with Crippen LogP contribution in [0, 0.1) is 5.92 Å². The van der Waals surface area contributed by atoms with Crippen molar-refractivity contribution in [3.63, 3.8) is 0 Å². The molecule has 1 N–H and O–H groups in total. The van der Waals surface area contributed by atoms with Crippen LogP contribution in [0.3, 0.4) is 0 Å². The number of hydrogen-bond acceptors (Lipinski definition) is 3. The van der Waals surface area contributed by atoms with Crippen LogP contribution in [0.2, 0.25) is 0 Å². The molecule has 0 aromatic carbocycles. The maximum atomic E-state index is 6.05. The molecule has 3 unspecified atom stereocenters. The molecule has 0 spiro atoms. The van der Waals surface area contributed by atoms with Crippen molar-refractivity contribution in [1.82, 2.24) is 14.9 Å². The lowest BCUT2D eigenvalue weighted by molar-refractivity contribution is -0.0780. The molecule has 1 saturated carbocycles. The summed E-state index contributed by atoms with van der Waals surface area (Å²) in [6, 6.07) is 0.322. The Hall–Kier alpha value is -0.870. The molecule has 3 atom stereocenters. The van der Waals surface area contributed by atoms with E-state index in [1.54, 1.807) is 0 Å². The number of methoxy groups -OCH3 is 1. The summed E-state index contributed by atoms with van der Waals surface area (Å²) in [6.07, 6.45) is 11.0. The van der Waals surface area contributed by atoms with E-state index < -0.39 is 0 Å². The van der Waals surface area contributed by atoms with Gasteiger partial charge in [0.1, 0.15) is 5.82 Å². The van der Waals surface area contributed by atoms with Crippen molar-refractivity contribution in [2.45, 2.75) is 70.6 Å². The number of aryl methyl sites for hydroxylation is 1. The number of rotatable bonds is 7. The summed E-state index contributed by atoms with van der Waals surface area (Å²) >= 11 is 0. The van der Waals surface area contributed by atoms with E-state index in [1.807, 2.05) is 13.3 Å². The van der Waals surface area contributed by atoms with E-state index in [1.165, 1.54) is 18.7 Å². The summed E-state index contributed by atoms with van der Waals surface area (Å²) < 4.78 is 8.33. The third-order valence-corrected chi connectivity index (χ3v) is 5.03. The first-order valence-corrected chi connectivity index (χ1v) is 8.37. The average molecular weight is 293 g/mol. The summed E-state index contributed by atoms with van der Waals surface area (Å²) in [5.41, 5.74) is -0.0462. The molecule has 1 aliphatic rings. The monoisotopic (exact) mass is 293 g/mol. The highest BCUT2D eigenvalue weighted by molar-refractivity contribution is 5.04. The molecule has 2 rings (SSSR count). The van der Waals surface area contributed by atoms with Gasteiger partial charge in [-0.2, -0.15) is 0 Å². The molecule has 0 aliphatic heterocycles. The molecule has 0 saturated heterocycles. The summed E-state index contributed by atoms with van der Waals surface area (Å²) in [6.45, 7) is 5.60. The second kappa shape index (κ2) is 7.41. The first-order valence-electron chi connectivity index (χ1n) is 8.37. The van der Waals surface area contributed by atoms with E-state index in [2.05, 4.69) is 42.0 Å². The zero-order valence-electron chi connectivity index (χ0n) is 14.1. The number of imidazole rings is 1. The van der Waals surface area contributed by atoms with Gasteiger partial charge in [0.25, 0.3) is 0 Å². The van der Waals surface area contributed by atoms with E-state index in [0.29, 0.717) is 6.04 Å². The third kappa shape index (κ3) is 3.67. The van der Waals surface area contributed by atoms with Crippen molar-refractivity contribution >= 4 is 0 Å². The highest BCUT2D eigenvalue weighted by atomic mass is 16.5. The van der Waals surface area contributed by atoms with Crippen LogP contribution in [-0.4, -0.2) is 35.4 Å². The molecular weight excluding hydrogens is 262 g/mol. The summed E-state index contributed by atoms with van der Waals surface area (Å²) in [7, 11) is 3.93. The number of aromatic nitrogens is 2. The Balaban J connectivity index is 2.15. The van der Waals surface area contributed by atoms with Gasteiger partial charge in [0, 0.05) is 38.5 Å². The Bertz CT molecular complexity index is 431. The molecule has 4 nitrogen and oxygen atoms in total. The molecular formula is C17H31N3O. The highest BCUT2D eigenvalue weighted by Crippen LogP contribution is 2.38. The fourth-order valence-electron chi connectivity index (χ4n) is 3.90. The van der Waals surface area contributed by atoms with E-state index >= 15 is 0 Å². The minimum atomic E-state index is -0.0462. The van der Waals surface area contributed by atoms with Gasteiger partial charge >= 0.3 is 0 Å². The lowest BCUT2D eigenvalue weighted by Crippen LogP contribution is -2.54. The van der Waals surface area contributed by atoms with E-state index in [-0.39, 0.29) is 5.60 Å². The van der Waals surface area contributed by atoms with Gasteiger partial charge in [-0.1, -0.05) is 26.7 Å². The van der Waals surface area contributed by atoms with Crippen molar-refractivity contribution in [1.29, 1.82) is 0 Å². The SMILES string of the molecule is CCCn1ccnc1CC(NC)C1(OC)CCCC(C)C1. The average Bonchev–Trinajstić information content (AvgIpc) is 2.92. The van der Waals surface area contributed by atoms with Gasteiger partial charge in [-0.05, 0) is 32.2 Å². The fraction of sp³-hybridized carbons (Fsp3) is 0.824. The quantitative estimate of drug-likeness (QED) is 0.840. The summed E-state index contributed by atoms with van der Waals surface area (Å²) in [5.74, 6) is 1.91. The minimum absolute atomic E-state index is 0.0462. The smallest absolute Gasteiger partial charge is 0.110 e. The largest absolute Gasteiger partial charge is 0.377 e. The fourth-order valence-corrected chi connectivity index (χ4v) is 3.90. The Morgan fingerprint density at radius 2 is 2.38 bits per heavy atom. The van der Waals surface area contributed by atoms with Crippen LogP contribution in [0.4, 0.5) is 0 Å². The van der Waals surface area contributed by atoms with Crippen LogP contribution < -0.4 is 5.32 Å². The maximum Gasteiger partial charge on any atom is 0.110 e. The molecule has 120 valence electrons. The maximum absolute atomic E-state index is 6.05. The van der Waals surface area contributed by atoms with Crippen LogP contribution in [0.1, 0.15) is 51.8 Å². The Morgan fingerprint density at radius 3 is 3.00 bits per heavy atom. The predicted molar refractivity (Wildman–Crippen MR) is 86.4 cm³/mol. The van der Waals surface area contributed by atoms with Crippen molar-refractivity contribution in [2.75, 3.05) is 14.2 Å². The molecule has 1 aromatic rings. The van der Waals surface area contributed by atoms with Gasteiger partial charge in [0.15, 0.2) is 0 Å². The summed E-state index contributed by atoms with van der Waals surface area (Å²) in [4.78, 5) is 4.57. The zero-order valence-corrected chi connectivity index (χ0v) is 14.1. The van der Waals surface area contributed by atoms with E-state index in [0.717, 1.165) is 38.1 Å². The Labute approximate surface area is 129 Å². The normalized spacial score (nSPS) is 27.7. The van der Waals surface area contributed by atoms with Crippen LogP contribution >= 0.6 is 0 Å². The molecule has 0 amide bonds. The molecule has 21 heavy (non-hydrogen) atoms. The Morgan fingerprint density at radius 1 is 1.57 bits per heavy atom. The molecule has 1 heterocycles. The standard InChI is InChI=1S/C17H31N3O/c1-5-10-20-11-9-19-16(20)12-15(18-3)17(21-4)8-6-7-14(2)13-17/h9,11,14-15,18H,5-8,10,12-13H2,1-4H3. The molecule has 1 aromatic heterocycles. The van der Waals surface area contributed by atoms with Crippen LogP contribution in [-0.2, 0) is 17.7 Å². The van der Waals surface area contributed by atoms with Crippen LogP contribution in [0.25, 0.3) is 0 Å².